The fraction of sp³-hybridized carbons (Fsp3) is 0.750. The minimum atomic E-state index is 0. The van der Waals surface area contributed by atoms with Crippen LogP contribution in [0.5, 0.6) is 0 Å². The Bertz CT molecular complexity index is 147. The van der Waals surface area contributed by atoms with Crippen LogP contribution in [0.1, 0.15) is 53.8 Å². The van der Waals surface area contributed by atoms with Gasteiger partial charge in [-0.3, -0.25) is 4.99 Å². The van der Waals surface area contributed by atoms with E-state index in [1.807, 2.05) is 25.3 Å². The van der Waals surface area contributed by atoms with Crippen LogP contribution >= 0.6 is 0 Å². The third-order valence-electron chi connectivity index (χ3n) is 2.02. The van der Waals surface area contributed by atoms with Crippen LogP contribution in [0, 0.1) is 0 Å². The Balaban J connectivity index is -0.000000720. The molecule has 0 aromatic rings. The van der Waals surface area contributed by atoms with Crippen LogP contribution in [0.25, 0.3) is 0 Å². The Labute approximate surface area is 103 Å². The molecule has 0 saturated heterocycles. The zero-order valence-corrected chi connectivity index (χ0v) is 10.1. The van der Waals surface area contributed by atoms with Gasteiger partial charge in [-0.05, 0) is 19.4 Å². The van der Waals surface area contributed by atoms with E-state index in [0.717, 1.165) is 6.54 Å². The predicted octanol–water partition coefficient (Wildman–Crippen LogP) is 1.11. The molecule has 14 heavy (non-hydrogen) atoms. The number of allylic oxidation sites excluding steroid dienone is 2. The van der Waals surface area contributed by atoms with E-state index in [9.17, 15) is 0 Å². The first-order valence-electron chi connectivity index (χ1n) is 5.53. The number of rotatable bonds is 8. The molecule has 0 bridgehead atoms. The quantitative estimate of drug-likeness (QED) is 0.308. The van der Waals surface area contributed by atoms with E-state index in [1.165, 1.54) is 38.5 Å². The van der Waals surface area contributed by atoms with E-state index < -0.39 is 0 Å². The van der Waals surface area contributed by atoms with Gasteiger partial charge in [-0.15, -0.1) is 0 Å². The van der Waals surface area contributed by atoms with Crippen LogP contribution in [0.3, 0.4) is 0 Å². The third kappa shape index (κ3) is 14.5. The van der Waals surface area contributed by atoms with Crippen LogP contribution in [-0.2, 0) is 0 Å². The molecule has 0 fully saturated rings. The molecule has 1 nitrogen and oxygen atoms in total. The fourth-order valence-corrected chi connectivity index (χ4v) is 1.20. The van der Waals surface area contributed by atoms with Crippen LogP contribution in [0.15, 0.2) is 17.1 Å². The average molecular weight is 189 g/mol. The Kier molecular flexibility index (Phi) is 18.2. The third-order valence-corrected chi connectivity index (χ3v) is 2.02. The fourth-order valence-electron chi connectivity index (χ4n) is 1.20. The molecule has 78 valence electrons. The van der Waals surface area contributed by atoms with Gasteiger partial charge < -0.3 is 1.43 Å². The summed E-state index contributed by atoms with van der Waals surface area (Å²) in [7, 11) is 0. The van der Waals surface area contributed by atoms with Gasteiger partial charge in [0.2, 0.25) is 0 Å². The summed E-state index contributed by atoms with van der Waals surface area (Å²) in [6.07, 6.45) is 14.0. The van der Waals surface area contributed by atoms with E-state index in [0.29, 0.717) is 0 Å². The minimum absolute atomic E-state index is 0. The molecule has 0 aromatic heterocycles. The van der Waals surface area contributed by atoms with Crippen molar-refractivity contribution in [3.05, 3.63) is 12.2 Å². The zero-order chi connectivity index (χ0) is 9.78. The van der Waals surface area contributed by atoms with Crippen LogP contribution in [0.4, 0.5) is 0 Å². The maximum atomic E-state index is 4.27. The molecule has 2 heteroatoms. The molecule has 0 saturated carbocycles. The van der Waals surface area contributed by atoms with Crippen molar-refractivity contribution in [3.63, 3.8) is 0 Å². The summed E-state index contributed by atoms with van der Waals surface area (Å²) in [5.41, 5.74) is 0. The Morgan fingerprint density at radius 1 is 1.07 bits per heavy atom. The van der Waals surface area contributed by atoms with E-state index >= 15 is 0 Å². The smallest absolute Gasteiger partial charge is 1.00 e. The van der Waals surface area contributed by atoms with Gasteiger partial charge in [0.05, 0.1) is 0 Å². The van der Waals surface area contributed by atoms with Crippen LogP contribution in [-0.4, -0.2) is 12.8 Å². The van der Waals surface area contributed by atoms with Gasteiger partial charge in [-0.2, -0.15) is 0 Å². The zero-order valence-electron chi connectivity index (χ0n) is 11.1. The number of nitrogens with zero attached hydrogens (tertiary/aromatic N) is 1. The van der Waals surface area contributed by atoms with Gasteiger partial charge in [-0.25, -0.2) is 0 Å². The topological polar surface area (TPSA) is 12.4 Å². The molecule has 0 unspecified atom stereocenters. The molecule has 0 spiro atoms. The summed E-state index contributed by atoms with van der Waals surface area (Å²) >= 11 is 0. The maximum Gasteiger partial charge on any atom is 1.00 e. The molecule has 0 aliphatic heterocycles. The first-order valence-corrected chi connectivity index (χ1v) is 5.53. The molecular weight excluding hydrogens is 165 g/mol. The molecule has 0 N–H and O–H groups in total. The van der Waals surface area contributed by atoms with E-state index in [1.54, 1.807) is 0 Å². The van der Waals surface area contributed by atoms with Crippen LogP contribution in [0.2, 0.25) is 0 Å². The van der Waals surface area contributed by atoms with E-state index in [2.05, 4.69) is 11.9 Å². The van der Waals surface area contributed by atoms with Crippen LogP contribution < -0.4 is 18.9 Å². The average Bonchev–Trinajstić information content (AvgIpc) is 2.16. The summed E-state index contributed by atoms with van der Waals surface area (Å²) in [6.45, 7) is 5.26. The van der Waals surface area contributed by atoms with Crippen molar-refractivity contribution in [2.24, 2.45) is 4.99 Å². The van der Waals surface area contributed by atoms with Crippen molar-refractivity contribution in [1.29, 1.82) is 0 Å². The maximum absolute atomic E-state index is 4.27. The molecule has 0 atom stereocenters. The van der Waals surface area contributed by atoms with Crippen molar-refractivity contribution < 1.29 is 20.3 Å². The number of aliphatic imine (C=N–C) groups is 1. The SMILES string of the molecule is CC=CC=NCCCCCCCC.[H-].[Li+]. The van der Waals surface area contributed by atoms with E-state index in [4.69, 9.17) is 0 Å². The van der Waals surface area contributed by atoms with Gasteiger partial charge in [0.25, 0.3) is 0 Å². The molecule has 0 aliphatic carbocycles. The van der Waals surface area contributed by atoms with Gasteiger partial charge in [0.1, 0.15) is 0 Å². The number of unbranched alkanes of at least 4 members (excludes halogenated alkanes) is 5. The second-order valence-corrected chi connectivity index (χ2v) is 3.35. The van der Waals surface area contributed by atoms with Gasteiger partial charge in [-0.1, -0.05) is 45.1 Å². The van der Waals surface area contributed by atoms with Crippen molar-refractivity contribution >= 4 is 6.21 Å². The minimum Gasteiger partial charge on any atom is -1.00 e. The second kappa shape index (κ2) is 15.5. The summed E-state index contributed by atoms with van der Waals surface area (Å²) in [5.74, 6) is 0. The standard InChI is InChI=1S/C12H23N.Li.H/c1-3-5-7-8-9-10-12-13-11-6-4-2;;/h4,6,11H,3,5,7-10,12H2,1-2H3;;/q;+1;-1. The summed E-state index contributed by atoms with van der Waals surface area (Å²) in [6, 6.07) is 0. The van der Waals surface area contributed by atoms with E-state index in [-0.39, 0.29) is 20.3 Å². The molecule has 0 heterocycles. The predicted molar refractivity (Wildman–Crippen MR) is 62.7 cm³/mol. The van der Waals surface area contributed by atoms with Gasteiger partial charge >= 0.3 is 18.9 Å². The Morgan fingerprint density at radius 2 is 1.71 bits per heavy atom. The largest absolute Gasteiger partial charge is 1.00 e. The Hall–Kier alpha value is 0.00740. The Morgan fingerprint density at radius 3 is 2.36 bits per heavy atom. The van der Waals surface area contributed by atoms with Gasteiger partial charge in [0.15, 0.2) is 0 Å². The first-order chi connectivity index (χ1) is 6.41. The summed E-state index contributed by atoms with van der Waals surface area (Å²) in [5, 5.41) is 0. The molecule has 0 radical (unpaired) electrons. The molecular formula is C12H24LiN. The molecule has 0 rings (SSSR count). The summed E-state index contributed by atoms with van der Waals surface area (Å²) in [4.78, 5) is 4.27. The van der Waals surface area contributed by atoms with Crippen molar-refractivity contribution in [2.75, 3.05) is 6.54 Å². The molecule has 0 aliphatic rings. The van der Waals surface area contributed by atoms with Crippen molar-refractivity contribution in [3.8, 4) is 0 Å². The van der Waals surface area contributed by atoms with Crippen molar-refractivity contribution in [2.45, 2.75) is 52.4 Å². The monoisotopic (exact) mass is 189 g/mol. The number of hydrogen-bond donors (Lipinski definition) is 0. The normalized spacial score (nSPS) is 11.0. The second-order valence-electron chi connectivity index (χ2n) is 3.35. The summed E-state index contributed by atoms with van der Waals surface area (Å²) < 4.78 is 0. The molecule has 0 amide bonds. The molecule has 0 aromatic carbocycles. The van der Waals surface area contributed by atoms with Gasteiger partial charge in [0, 0.05) is 12.8 Å². The first kappa shape index (κ1) is 16.4. The number of hydrogen-bond acceptors (Lipinski definition) is 1. The van der Waals surface area contributed by atoms with Crippen molar-refractivity contribution in [1.82, 2.24) is 0 Å².